The molecule has 0 radical (unpaired) electrons. The van der Waals surface area contributed by atoms with Crippen LogP contribution in [0, 0.1) is 0 Å². The number of hydrogen-bond acceptors (Lipinski definition) is 4. The van der Waals surface area contributed by atoms with E-state index in [2.05, 4.69) is 11.8 Å². The summed E-state index contributed by atoms with van der Waals surface area (Å²) in [6.45, 7) is 5.82. The van der Waals surface area contributed by atoms with Gasteiger partial charge in [0, 0.05) is 24.9 Å². The minimum Gasteiger partial charge on any atom is -0.388 e. The van der Waals surface area contributed by atoms with Gasteiger partial charge in [0.15, 0.2) is 0 Å². The first kappa shape index (κ1) is 15.8. The smallest absolute Gasteiger partial charge is 0.0805 e. The van der Waals surface area contributed by atoms with Gasteiger partial charge in [0.1, 0.15) is 0 Å². The molecule has 0 spiro atoms. The van der Waals surface area contributed by atoms with Crippen molar-refractivity contribution in [3.8, 4) is 0 Å². The summed E-state index contributed by atoms with van der Waals surface area (Å²) in [5.74, 6) is 2.33. The van der Waals surface area contributed by atoms with Gasteiger partial charge < -0.3 is 9.84 Å². The lowest BCUT2D eigenvalue weighted by atomic mass is 10.0. The number of hydrogen-bond donors (Lipinski definition) is 1. The second kappa shape index (κ2) is 8.67. The predicted molar refractivity (Wildman–Crippen MR) is 85.2 cm³/mol. The highest BCUT2D eigenvalue weighted by molar-refractivity contribution is 7.99. The average molecular weight is 295 g/mol. The van der Waals surface area contributed by atoms with Gasteiger partial charge in [0.2, 0.25) is 0 Å². The van der Waals surface area contributed by atoms with Gasteiger partial charge in [0.25, 0.3) is 0 Å². The molecule has 2 atom stereocenters. The van der Waals surface area contributed by atoms with Crippen molar-refractivity contribution >= 4 is 11.8 Å². The lowest BCUT2D eigenvalue weighted by Gasteiger charge is -2.36. The quantitative estimate of drug-likeness (QED) is 0.784. The number of benzene rings is 1. The Hall–Kier alpha value is -0.550. The van der Waals surface area contributed by atoms with Crippen molar-refractivity contribution in [1.82, 2.24) is 4.90 Å². The molecule has 4 heteroatoms. The molecule has 1 fully saturated rings. The number of morpholine rings is 1. The zero-order chi connectivity index (χ0) is 14.2. The third-order valence-corrected chi connectivity index (χ3v) is 4.64. The molecule has 0 aromatic heterocycles. The van der Waals surface area contributed by atoms with Crippen molar-refractivity contribution in [1.29, 1.82) is 0 Å². The number of ether oxygens (including phenoxy) is 1. The summed E-state index contributed by atoms with van der Waals surface area (Å²) in [4.78, 5) is 2.47. The second-order valence-corrected chi connectivity index (χ2v) is 6.52. The third-order valence-electron chi connectivity index (χ3n) is 3.76. The van der Waals surface area contributed by atoms with Crippen LogP contribution in [0.25, 0.3) is 0 Å². The van der Waals surface area contributed by atoms with Crippen LogP contribution in [0.4, 0.5) is 0 Å². The summed E-state index contributed by atoms with van der Waals surface area (Å²) < 4.78 is 5.60. The molecular formula is C16H25NO2S. The Balaban J connectivity index is 1.87. The van der Waals surface area contributed by atoms with Gasteiger partial charge in [-0.3, -0.25) is 4.90 Å². The van der Waals surface area contributed by atoms with Crippen molar-refractivity contribution in [3.05, 3.63) is 35.9 Å². The molecule has 1 aromatic carbocycles. The molecule has 2 rings (SSSR count). The van der Waals surface area contributed by atoms with Gasteiger partial charge >= 0.3 is 0 Å². The lowest BCUT2D eigenvalue weighted by molar-refractivity contribution is -0.0232. The molecule has 1 N–H and O–H groups in total. The first-order valence-electron chi connectivity index (χ1n) is 7.43. The molecule has 1 aromatic rings. The number of thioether (sulfide) groups is 1. The van der Waals surface area contributed by atoms with E-state index in [1.54, 1.807) is 0 Å². The van der Waals surface area contributed by atoms with Crippen molar-refractivity contribution in [2.75, 3.05) is 37.8 Å². The van der Waals surface area contributed by atoms with Crippen LogP contribution in [-0.2, 0) is 4.74 Å². The Kier molecular flexibility index (Phi) is 6.87. The van der Waals surface area contributed by atoms with Gasteiger partial charge in [-0.15, -0.1) is 0 Å². The summed E-state index contributed by atoms with van der Waals surface area (Å²) in [6, 6.07) is 10.2. The van der Waals surface area contributed by atoms with E-state index in [1.165, 1.54) is 5.75 Å². The molecule has 1 heterocycles. The molecule has 1 aliphatic heterocycles. The van der Waals surface area contributed by atoms with Crippen LogP contribution in [0.15, 0.2) is 30.3 Å². The van der Waals surface area contributed by atoms with Gasteiger partial charge in [-0.25, -0.2) is 0 Å². The molecule has 0 saturated carbocycles. The van der Waals surface area contributed by atoms with E-state index < -0.39 is 6.10 Å². The molecule has 112 valence electrons. The maximum Gasteiger partial charge on any atom is 0.0805 e. The first-order chi connectivity index (χ1) is 9.81. The summed E-state index contributed by atoms with van der Waals surface area (Å²) in [5, 5.41) is 10.4. The standard InChI is InChI=1S/C16H25NO2S/c1-2-20-11-9-17-8-10-19-13-15(17)12-16(18)14-6-4-3-5-7-14/h3-7,15-16,18H,2,8-13H2,1H3. The molecule has 0 amide bonds. The number of rotatable bonds is 7. The fourth-order valence-electron chi connectivity index (χ4n) is 2.60. The molecule has 20 heavy (non-hydrogen) atoms. The zero-order valence-electron chi connectivity index (χ0n) is 12.2. The van der Waals surface area contributed by atoms with E-state index in [9.17, 15) is 5.11 Å². The van der Waals surface area contributed by atoms with Crippen molar-refractivity contribution in [3.63, 3.8) is 0 Å². The molecule has 1 saturated heterocycles. The highest BCUT2D eigenvalue weighted by atomic mass is 32.2. The van der Waals surface area contributed by atoms with E-state index in [0.29, 0.717) is 6.04 Å². The Morgan fingerprint density at radius 1 is 1.40 bits per heavy atom. The minimum atomic E-state index is -0.399. The maximum absolute atomic E-state index is 10.4. The van der Waals surface area contributed by atoms with E-state index in [-0.39, 0.29) is 0 Å². The Morgan fingerprint density at radius 3 is 2.95 bits per heavy atom. The van der Waals surface area contributed by atoms with Crippen LogP contribution in [0.2, 0.25) is 0 Å². The Morgan fingerprint density at radius 2 is 2.20 bits per heavy atom. The Bertz CT molecular complexity index is 374. The fraction of sp³-hybridized carbons (Fsp3) is 0.625. The highest BCUT2D eigenvalue weighted by Crippen LogP contribution is 2.22. The van der Waals surface area contributed by atoms with Crippen LogP contribution in [0.3, 0.4) is 0 Å². The van der Waals surface area contributed by atoms with Crippen LogP contribution in [0.5, 0.6) is 0 Å². The molecular weight excluding hydrogens is 270 g/mol. The lowest BCUT2D eigenvalue weighted by Crippen LogP contribution is -2.47. The molecule has 2 unspecified atom stereocenters. The number of aliphatic hydroxyl groups excluding tert-OH is 1. The SMILES string of the molecule is CCSCCN1CCOCC1CC(O)c1ccccc1. The van der Waals surface area contributed by atoms with E-state index in [4.69, 9.17) is 4.74 Å². The zero-order valence-corrected chi connectivity index (χ0v) is 13.0. The summed E-state index contributed by atoms with van der Waals surface area (Å²) in [6.07, 6.45) is 0.352. The van der Waals surface area contributed by atoms with Crippen LogP contribution in [0.1, 0.15) is 25.0 Å². The predicted octanol–water partition coefficient (Wildman–Crippen LogP) is 2.56. The van der Waals surface area contributed by atoms with Gasteiger partial charge in [-0.2, -0.15) is 11.8 Å². The van der Waals surface area contributed by atoms with Crippen molar-refractivity contribution < 1.29 is 9.84 Å². The largest absolute Gasteiger partial charge is 0.388 e. The summed E-state index contributed by atoms with van der Waals surface area (Å²) in [7, 11) is 0. The topological polar surface area (TPSA) is 32.7 Å². The van der Waals surface area contributed by atoms with E-state index in [1.807, 2.05) is 42.1 Å². The Labute approximate surface area is 126 Å². The molecule has 1 aliphatic rings. The van der Waals surface area contributed by atoms with Crippen molar-refractivity contribution in [2.24, 2.45) is 0 Å². The van der Waals surface area contributed by atoms with E-state index >= 15 is 0 Å². The van der Waals surface area contributed by atoms with Gasteiger partial charge in [-0.05, 0) is 17.7 Å². The van der Waals surface area contributed by atoms with Crippen LogP contribution >= 0.6 is 11.8 Å². The summed E-state index contributed by atoms with van der Waals surface area (Å²) in [5.41, 5.74) is 1.00. The first-order valence-corrected chi connectivity index (χ1v) is 8.59. The van der Waals surface area contributed by atoms with Gasteiger partial charge in [0.05, 0.1) is 19.3 Å². The van der Waals surface area contributed by atoms with Gasteiger partial charge in [-0.1, -0.05) is 37.3 Å². The third kappa shape index (κ3) is 4.77. The van der Waals surface area contributed by atoms with Crippen molar-refractivity contribution in [2.45, 2.75) is 25.5 Å². The summed E-state index contributed by atoms with van der Waals surface area (Å²) >= 11 is 1.97. The average Bonchev–Trinajstić information content (AvgIpc) is 2.50. The molecule has 0 aliphatic carbocycles. The minimum absolute atomic E-state index is 0.330. The fourth-order valence-corrected chi connectivity index (χ4v) is 3.25. The van der Waals surface area contributed by atoms with E-state index in [0.717, 1.165) is 44.0 Å². The monoisotopic (exact) mass is 295 g/mol. The van der Waals surface area contributed by atoms with Crippen LogP contribution in [-0.4, -0.2) is 53.9 Å². The van der Waals surface area contributed by atoms with Crippen LogP contribution < -0.4 is 0 Å². The second-order valence-electron chi connectivity index (χ2n) is 5.12. The maximum atomic E-state index is 10.4. The molecule has 0 bridgehead atoms. The normalized spacial score (nSPS) is 21.8. The molecule has 3 nitrogen and oxygen atoms in total. The number of nitrogens with zero attached hydrogens (tertiary/aromatic N) is 1. The highest BCUT2D eigenvalue weighted by Gasteiger charge is 2.25. The number of aliphatic hydroxyl groups is 1.